The quantitative estimate of drug-likeness (QED) is 0.905. The van der Waals surface area contributed by atoms with Gasteiger partial charge in [0.1, 0.15) is 5.58 Å². The van der Waals surface area contributed by atoms with Crippen molar-refractivity contribution in [3.63, 3.8) is 0 Å². The van der Waals surface area contributed by atoms with Crippen LogP contribution < -0.4 is 0 Å². The van der Waals surface area contributed by atoms with E-state index in [2.05, 4.69) is 15.9 Å². The van der Waals surface area contributed by atoms with Crippen LogP contribution in [0.3, 0.4) is 0 Å². The first-order valence-corrected chi connectivity index (χ1v) is 5.63. The molecule has 0 saturated heterocycles. The fraction of sp³-hybridized carbons (Fsp3) is 0.333. The van der Waals surface area contributed by atoms with Crippen LogP contribution >= 0.6 is 15.9 Å². The molecule has 0 bridgehead atoms. The molecule has 0 aliphatic carbocycles. The second-order valence-electron chi connectivity index (χ2n) is 4.39. The van der Waals surface area contributed by atoms with Gasteiger partial charge in [0.15, 0.2) is 0 Å². The Kier molecular flexibility index (Phi) is 2.61. The molecule has 0 radical (unpaired) electrons. The molecule has 0 fully saturated rings. The van der Waals surface area contributed by atoms with E-state index in [9.17, 15) is 5.11 Å². The maximum Gasteiger partial charge on any atom is 0.134 e. The van der Waals surface area contributed by atoms with Crippen molar-refractivity contribution in [2.75, 3.05) is 0 Å². The summed E-state index contributed by atoms with van der Waals surface area (Å²) in [6, 6.07) is 5.88. The molecule has 3 heteroatoms. The Balaban J connectivity index is 2.48. The molecular weight excluding hydrogens is 256 g/mol. The van der Waals surface area contributed by atoms with Crippen LogP contribution in [0.25, 0.3) is 11.0 Å². The molecule has 0 atom stereocenters. The van der Waals surface area contributed by atoms with Gasteiger partial charge >= 0.3 is 0 Å². The van der Waals surface area contributed by atoms with Gasteiger partial charge in [0.25, 0.3) is 0 Å². The van der Waals surface area contributed by atoms with Crippen molar-refractivity contribution in [3.8, 4) is 0 Å². The Bertz CT molecular complexity index is 480. The third-order valence-corrected chi connectivity index (χ3v) is 2.73. The Morgan fingerprint density at radius 3 is 2.80 bits per heavy atom. The van der Waals surface area contributed by atoms with Crippen molar-refractivity contribution in [1.29, 1.82) is 0 Å². The SMILES string of the molecule is CC(C)(O)Cc1coc2ccc(Br)cc12. The number of fused-ring (bicyclic) bond motifs is 1. The van der Waals surface area contributed by atoms with E-state index >= 15 is 0 Å². The molecule has 1 heterocycles. The minimum atomic E-state index is -0.709. The fourth-order valence-corrected chi connectivity index (χ4v) is 2.02. The highest BCUT2D eigenvalue weighted by Gasteiger charge is 2.17. The van der Waals surface area contributed by atoms with Gasteiger partial charge in [-0.1, -0.05) is 15.9 Å². The topological polar surface area (TPSA) is 33.4 Å². The van der Waals surface area contributed by atoms with E-state index in [1.807, 2.05) is 18.2 Å². The van der Waals surface area contributed by atoms with Crippen LogP contribution in [0.1, 0.15) is 19.4 Å². The lowest BCUT2D eigenvalue weighted by Crippen LogP contribution is -2.21. The predicted molar refractivity (Wildman–Crippen MR) is 63.9 cm³/mol. The summed E-state index contributed by atoms with van der Waals surface area (Å²) in [6.07, 6.45) is 2.31. The molecule has 0 aliphatic rings. The van der Waals surface area contributed by atoms with Crippen LogP contribution in [-0.2, 0) is 6.42 Å². The first-order chi connectivity index (χ1) is 6.96. The number of aliphatic hydroxyl groups is 1. The van der Waals surface area contributed by atoms with Gasteiger partial charge < -0.3 is 9.52 Å². The molecule has 0 saturated carbocycles. The molecular formula is C12H13BrO2. The minimum absolute atomic E-state index is 0.594. The highest BCUT2D eigenvalue weighted by molar-refractivity contribution is 9.10. The second kappa shape index (κ2) is 3.65. The lowest BCUT2D eigenvalue weighted by Gasteiger charge is -2.15. The minimum Gasteiger partial charge on any atom is -0.464 e. The third kappa shape index (κ3) is 2.41. The third-order valence-electron chi connectivity index (χ3n) is 2.24. The molecule has 0 unspecified atom stereocenters. The summed E-state index contributed by atoms with van der Waals surface area (Å²) in [7, 11) is 0. The molecule has 0 amide bonds. The smallest absolute Gasteiger partial charge is 0.134 e. The molecule has 1 N–H and O–H groups in total. The average molecular weight is 269 g/mol. The van der Waals surface area contributed by atoms with Crippen molar-refractivity contribution < 1.29 is 9.52 Å². The van der Waals surface area contributed by atoms with E-state index < -0.39 is 5.60 Å². The first kappa shape index (κ1) is 10.7. The lowest BCUT2D eigenvalue weighted by molar-refractivity contribution is 0.0811. The zero-order chi connectivity index (χ0) is 11.1. The molecule has 2 nitrogen and oxygen atoms in total. The van der Waals surface area contributed by atoms with Crippen LogP contribution in [0.5, 0.6) is 0 Å². The summed E-state index contributed by atoms with van der Waals surface area (Å²) in [5.41, 5.74) is 1.19. The summed E-state index contributed by atoms with van der Waals surface area (Å²) < 4.78 is 6.44. The van der Waals surface area contributed by atoms with Gasteiger partial charge in [-0.05, 0) is 32.0 Å². The van der Waals surface area contributed by atoms with Crippen molar-refractivity contribution in [2.45, 2.75) is 25.9 Å². The molecule has 80 valence electrons. The van der Waals surface area contributed by atoms with Gasteiger partial charge in [-0.25, -0.2) is 0 Å². The van der Waals surface area contributed by atoms with Crippen LogP contribution in [0.15, 0.2) is 33.4 Å². The monoisotopic (exact) mass is 268 g/mol. The zero-order valence-electron chi connectivity index (χ0n) is 8.75. The van der Waals surface area contributed by atoms with Crippen LogP contribution in [0, 0.1) is 0 Å². The predicted octanol–water partition coefficient (Wildman–Crippen LogP) is 3.51. The number of furan rings is 1. The molecule has 1 aromatic heterocycles. The maximum absolute atomic E-state index is 9.76. The van der Waals surface area contributed by atoms with Crippen molar-refractivity contribution in [2.24, 2.45) is 0 Å². The Hall–Kier alpha value is -0.800. The standard InChI is InChI=1S/C12H13BrO2/c1-12(2,14)6-8-7-15-11-4-3-9(13)5-10(8)11/h3-5,7,14H,6H2,1-2H3. The van der Waals surface area contributed by atoms with Gasteiger partial charge in [0.2, 0.25) is 0 Å². The summed E-state index contributed by atoms with van der Waals surface area (Å²) in [5.74, 6) is 0. The maximum atomic E-state index is 9.76. The molecule has 2 rings (SSSR count). The van der Waals surface area contributed by atoms with Crippen LogP contribution in [-0.4, -0.2) is 10.7 Å². The van der Waals surface area contributed by atoms with E-state index in [0.717, 1.165) is 21.0 Å². The molecule has 0 spiro atoms. The lowest BCUT2D eigenvalue weighted by atomic mass is 9.98. The highest BCUT2D eigenvalue weighted by atomic mass is 79.9. The number of hydrogen-bond donors (Lipinski definition) is 1. The summed E-state index contributed by atoms with van der Waals surface area (Å²) >= 11 is 3.43. The number of hydrogen-bond acceptors (Lipinski definition) is 2. The zero-order valence-corrected chi connectivity index (χ0v) is 10.3. The number of halogens is 1. The van der Waals surface area contributed by atoms with E-state index in [1.165, 1.54) is 0 Å². The van der Waals surface area contributed by atoms with Gasteiger partial charge in [-0.2, -0.15) is 0 Å². The van der Waals surface area contributed by atoms with E-state index in [0.29, 0.717) is 6.42 Å². The molecule has 15 heavy (non-hydrogen) atoms. The Labute approximate surface area is 97.0 Å². The van der Waals surface area contributed by atoms with Crippen LogP contribution in [0.2, 0.25) is 0 Å². The van der Waals surface area contributed by atoms with Crippen molar-refractivity contribution in [3.05, 3.63) is 34.5 Å². The van der Waals surface area contributed by atoms with E-state index in [1.54, 1.807) is 20.1 Å². The second-order valence-corrected chi connectivity index (χ2v) is 5.31. The van der Waals surface area contributed by atoms with Gasteiger partial charge in [0.05, 0.1) is 11.9 Å². The largest absolute Gasteiger partial charge is 0.464 e. The Morgan fingerprint density at radius 2 is 2.13 bits per heavy atom. The normalized spacial score (nSPS) is 12.3. The summed E-state index contributed by atoms with van der Waals surface area (Å²) in [5, 5.41) is 10.8. The molecule has 2 aromatic rings. The van der Waals surface area contributed by atoms with Gasteiger partial charge in [-0.3, -0.25) is 0 Å². The highest BCUT2D eigenvalue weighted by Crippen LogP contribution is 2.27. The fourth-order valence-electron chi connectivity index (χ4n) is 1.66. The summed E-state index contributed by atoms with van der Waals surface area (Å²) in [4.78, 5) is 0. The van der Waals surface area contributed by atoms with E-state index in [-0.39, 0.29) is 0 Å². The van der Waals surface area contributed by atoms with Crippen molar-refractivity contribution >= 4 is 26.9 Å². The Morgan fingerprint density at radius 1 is 1.40 bits per heavy atom. The summed E-state index contributed by atoms with van der Waals surface area (Å²) in [6.45, 7) is 3.59. The molecule has 0 aliphatic heterocycles. The average Bonchev–Trinajstić information content (AvgIpc) is 2.46. The first-order valence-electron chi connectivity index (χ1n) is 4.84. The number of benzene rings is 1. The van der Waals surface area contributed by atoms with Gasteiger partial charge in [0, 0.05) is 21.8 Å². The van der Waals surface area contributed by atoms with Crippen molar-refractivity contribution in [1.82, 2.24) is 0 Å². The number of rotatable bonds is 2. The molecule has 1 aromatic carbocycles. The van der Waals surface area contributed by atoms with E-state index in [4.69, 9.17) is 4.42 Å². The van der Waals surface area contributed by atoms with Gasteiger partial charge in [-0.15, -0.1) is 0 Å². The van der Waals surface area contributed by atoms with Crippen LogP contribution in [0.4, 0.5) is 0 Å².